The van der Waals surface area contributed by atoms with Gasteiger partial charge in [0.2, 0.25) is 0 Å². The highest BCUT2D eigenvalue weighted by atomic mass is 32.1. The molecule has 112 valence electrons. The Morgan fingerprint density at radius 3 is 2.57 bits per heavy atom. The molecule has 3 nitrogen and oxygen atoms in total. The molecule has 3 rings (SSSR count). The number of hydrogen-bond donors (Lipinski definition) is 1. The van der Waals surface area contributed by atoms with Crippen molar-refractivity contribution in [2.24, 2.45) is 5.73 Å². The smallest absolute Gasteiger partial charge is 0.119 e. The van der Waals surface area contributed by atoms with E-state index in [9.17, 15) is 0 Å². The van der Waals surface area contributed by atoms with E-state index in [1.54, 1.807) is 11.3 Å². The highest BCUT2D eigenvalue weighted by molar-refractivity contribution is 7.11. The third kappa shape index (κ3) is 3.63. The quantitative estimate of drug-likeness (QED) is 0.884. The van der Waals surface area contributed by atoms with E-state index < -0.39 is 0 Å². The molecule has 0 bridgehead atoms. The molecule has 0 aliphatic heterocycles. The maximum atomic E-state index is 5.87. The van der Waals surface area contributed by atoms with Crippen molar-refractivity contribution in [3.63, 3.8) is 0 Å². The van der Waals surface area contributed by atoms with Crippen molar-refractivity contribution in [1.29, 1.82) is 0 Å². The van der Waals surface area contributed by atoms with E-state index in [4.69, 9.17) is 15.5 Å². The van der Waals surface area contributed by atoms with Crippen LogP contribution >= 0.6 is 11.3 Å². The minimum Gasteiger partial charge on any atom is -0.493 e. The average molecular weight is 302 g/mol. The fourth-order valence-electron chi connectivity index (χ4n) is 2.62. The third-order valence-corrected chi connectivity index (χ3v) is 4.85. The molecule has 0 amide bonds. The molecule has 0 unspecified atom stereocenters. The predicted octanol–water partition coefficient (Wildman–Crippen LogP) is 3.72. The van der Waals surface area contributed by atoms with Crippen LogP contribution in [0.3, 0.4) is 0 Å². The fraction of sp³-hybridized carbons (Fsp3) is 0.471. The summed E-state index contributed by atoms with van der Waals surface area (Å²) in [6.07, 6.45) is 3.40. The average Bonchev–Trinajstić information content (AvgIpc) is 3.19. The molecular weight excluding hydrogens is 280 g/mol. The first-order chi connectivity index (χ1) is 10.2. The van der Waals surface area contributed by atoms with Gasteiger partial charge in [-0.05, 0) is 49.9 Å². The summed E-state index contributed by atoms with van der Waals surface area (Å²) >= 11 is 1.75. The first-order valence-corrected chi connectivity index (χ1v) is 8.37. The van der Waals surface area contributed by atoms with Crippen LogP contribution in [0.15, 0.2) is 18.2 Å². The molecular formula is C17H22N2OS. The molecule has 2 N–H and O–H groups in total. The van der Waals surface area contributed by atoms with Crippen molar-refractivity contribution in [3.05, 3.63) is 44.9 Å². The molecule has 4 heteroatoms. The normalized spacial score (nSPS) is 14.4. The van der Waals surface area contributed by atoms with Gasteiger partial charge in [-0.3, -0.25) is 0 Å². The summed E-state index contributed by atoms with van der Waals surface area (Å²) in [5.74, 6) is 1.62. The third-order valence-electron chi connectivity index (χ3n) is 3.70. The van der Waals surface area contributed by atoms with Crippen molar-refractivity contribution < 1.29 is 4.74 Å². The Labute approximate surface area is 130 Å². The molecule has 0 atom stereocenters. The maximum absolute atomic E-state index is 5.87. The van der Waals surface area contributed by atoms with Gasteiger partial charge in [-0.1, -0.05) is 6.07 Å². The first-order valence-electron chi connectivity index (χ1n) is 7.55. The highest BCUT2D eigenvalue weighted by Crippen LogP contribution is 2.42. The summed E-state index contributed by atoms with van der Waals surface area (Å²) in [6, 6.07) is 6.31. The lowest BCUT2D eigenvalue weighted by molar-refractivity contribution is 0.321. The number of aromatic nitrogens is 1. The van der Waals surface area contributed by atoms with Crippen molar-refractivity contribution in [2.75, 3.05) is 6.61 Å². The molecule has 1 aliphatic carbocycles. The number of aryl methyl sites for hydroxylation is 2. The molecule has 0 radical (unpaired) electrons. The van der Waals surface area contributed by atoms with Crippen LogP contribution in [0.5, 0.6) is 5.75 Å². The zero-order valence-electron chi connectivity index (χ0n) is 12.7. The van der Waals surface area contributed by atoms with Gasteiger partial charge < -0.3 is 10.5 Å². The predicted molar refractivity (Wildman–Crippen MR) is 87.1 cm³/mol. The van der Waals surface area contributed by atoms with E-state index in [-0.39, 0.29) is 0 Å². The number of thiazole rings is 1. The van der Waals surface area contributed by atoms with Gasteiger partial charge in [0.1, 0.15) is 5.75 Å². The molecule has 1 heterocycles. The molecule has 0 saturated heterocycles. The number of hydrogen-bond acceptors (Lipinski definition) is 4. The van der Waals surface area contributed by atoms with Crippen LogP contribution in [0.1, 0.15) is 45.5 Å². The molecule has 1 aromatic heterocycles. The Bertz CT molecular complexity index is 611. The lowest BCUT2D eigenvalue weighted by atomic mass is 10.1. The van der Waals surface area contributed by atoms with E-state index in [1.807, 2.05) is 0 Å². The second kappa shape index (κ2) is 6.16. The maximum Gasteiger partial charge on any atom is 0.119 e. The van der Waals surface area contributed by atoms with Gasteiger partial charge >= 0.3 is 0 Å². The largest absolute Gasteiger partial charge is 0.493 e. The summed E-state index contributed by atoms with van der Waals surface area (Å²) in [5, 5.41) is 1.15. The van der Waals surface area contributed by atoms with Crippen LogP contribution in [0.2, 0.25) is 0 Å². The van der Waals surface area contributed by atoms with E-state index in [0.717, 1.165) is 17.2 Å². The topological polar surface area (TPSA) is 48.1 Å². The van der Waals surface area contributed by atoms with Crippen LogP contribution in [-0.2, 0) is 13.0 Å². The van der Waals surface area contributed by atoms with Gasteiger partial charge in [-0.2, -0.15) is 0 Å². The molecule has 21 heavy (non-hydrogen) atoms. The summed E-state index contributed by atoms with van der Waals surface area (Å²) in [7, 11) is 0. The molecule has 0 spiro atoms. The summed E-state index contributed by atoms with van der Waals surface area (Å²) in [5.41, 5.74) is 9.55. The first kappa shape index (κ1) is 14.5. The molecule has 2 aromatic rings. The van der Waals surface area contributed by atoms with E-state index in [2.05, 4.69) is 32.0 Å². The van der Waals surface area contributed by atoms with Crippen LogP contribution < -0.4 is 10.5 Å². The lowest BCUT2D eigenvalue weighted by Gasteiger charge is -2.07. The highest BCUT2D eigenvalue weighted by Gasteiger charge is 2.29. The number of rotatable bonds is 6. The zero-order valence-corrected chi connectivity index (χ0v) is 13.5. The van der Waals surface area contributed by atoms with Crippen LogP contribution in [0.25, 0.3) is 0 Å². The van der Waals surface area contributed by atoms with Crippen molar-refractivity contribution in [1.82, 2.24) is 4.98 Å². The van der Waals surface area contributed by atoms with E-state index in [1.165, 1.54) is 34.5 Å². The van der Waals surface area contributed by atoms with Gasteiger partial charge in [-0.25, -0.2) is 4.98 Å². The second-order valence-corrected chi connectivity index (χ2v) is 6.98. The minimum atomic E-state index is 0.613. The standard InChI is InChI=1S/C17H22N2OS/c1-11-7-12(2)9-14(8-11)20-6-5-16-19-17(13-3-4-13)15(10-18)21-16/h7-9,13H,3-6,10,18H2,1-2H3. The van der Waals surface area contributed by atoms with Gasteiger partial charge in [0.15, 0.2) is 0 Å². The van der Waals surface area contributed by atoms with Crippen LogP contribution in [-0.4, -0.2) is 11.6 Å². The van der Waals surface area contributed by atoms with Crippen LogP contribution in [0, 0.1) is 13.8 Å². The Kier molecular flexibility index (Phi) is 4.27. The number of benzene rings is 1. The lowest BCUT2D eigenvalue weighted by Crippen LogP contribution is -2.01. The number of ether oxygens (including phenoxy) is 1. The van der Waals surface area contributed by atoms with Gasteiger partial charge in [0.25, 0.3) is 0 Å². The fourth-order valence-corrected chi connectivity index (χ4v) is 3.63. The summed E-state index contributed by atoms with van der Waals surface area (Å²) in [6.45, 7) is 5.47. The molecule has 1 aromatic carbocycles. The Hall–Kier alpha value is -1.39. The second-order valence-electron chi connectivity index (χ2n) is 5.82. The molecule has 1 aliphatic rings. The Morgan fingerprint density at radius 2 is 1.95 bits per heavy atom. The molecule has 1 fully saturated rings. The van der Waals surface area contributed by atoms with Gasteiger partial charge in [0.05, 0.1) is 17.3 Å². The van der Waals surface area contributed by atoms with E-state index in [0.29, 0.717) is 19.1 Å². The van der Waals surface area contributed by atoms with Crippen LogP contribution in [0.4, 0.5) is 0 Å². The minimum absolute atomic E-state index is 0.613. The number of nitrogens with two attached hydrogens (primary N) is 1. The summed E-state index contributed by atoms with van der Waals surface area (Å²) in [4.78, 5) is 6.03. The van der Waals surface area contributed by atoms with Crippen molar-refractivity contribution >= 4 is 11.3 Å². The Balaban J connectivity index is 1.60. The van der Waals surface area contributed by atoms with Gasteiger partial charge in [-0.15, -0.1) is 11.3 Å². The van der Waals surface area contributed by atoms with E-state index >= 15 is 0 Å². The van der Waals surface area contributed by atoms with Gasteiger partial charge in [0, 0.05) is 23.8 Å². The van der Waals surface area contributed by atoms with Crippen molar-refractivity contribution in [3.8, 4) is 5.75 Å². The van der Waals surface area contributed by atoms with Crippen molar-refractivity contribution in [2.45, 2.75) is 45.6 Å². The Morgan fingerprint density at radius 1 is 1.24 bits per heavy atom. The summed E-state index contributed by atoms with van der Waals surface area (Å²) < 4.78 is 5.87. The number of nitrogens with zero attached hydrogens (tertiary/aromatic N) is 1. The SMILES string of the molecule is Cc1cc(C)cc(OCCc2nc(C3CC3)c(CN)s2)c1. The zero-order chi connectivity index (χ0) is 14.8. The molecule has 1 saturated carbocycles. The monoisotopic (exact) mass is 302 g/mol.